The van der Waals surface area contributed by atoms with Crippen molar-refractivity contribution >= 4 is 23.4 Å². The molecule has 0 N–H and O–H groups in total. The minimum Gasteiger partial charge on any atom is -0.488 e. The fraction of sp³-hybridized carbons (Fsp3) is 0.591. The van der Waals surface area contributed by atoms with Crippen LogP contribution in [0.25, 0.3) is 11.0 Å². The zero-order valence-corrected chi connectivity index (χ0v) is 19.1. The van der Waals surface area contributed by atoms with Gasteiger partial charge in [-0.05, 0) is 44.7 Å². The summed E-state index contributed by atoms with van der Waals surface area (Å²) in [5.74, 6) is 1.31. The van der Waals surface area contributed by atoms with E-state index in [1.165, 1.54) is 6.07 Å². The number of benzene rings is 1. The van der Waals surface area contributed by atoms with Crippen molar-refractivity contribution in [1.29, 1.82) is 0 Å². The molecule has 0 bridgehead atoms. The Morgan fingerprint density at radius 2 is 1.31 bits per heavy atom. The zero-order valence-electron chi connectivity index (χ0n) is 18.3. The van der Waals surface area contributed by atoms with E-state index in [1.807, 2.05) is 13.0 Å². The number of aryl methyl sites for hydroxylation is 1. The van der Waals surface area contributed by atoms with Gasteiger partial charge in [0.1, 0.15) is 18.8 Å². The first-order valence-corrected chi connectivity index (χ1v) is 10.3. The van der Waals surface area contributed by atoms with Crippen molar-refractivity contribution < 1.29 is 13.9 Å². The number of ether oxygens (including phenoxy) is 2. The minimum atomic E-state index is -0.353. The molecule has 1 aromatic carbocycles. The second-order valence-corrected chi connectivity index (χ2v) is 6.79. The molecular formula is C22H35ClN2O4. The van der Waals surface area contributed by atoms with E-state index in [4.69, 9.17) is 13.9 Å². The third-order valence-corrected chi connectivity index (χ3v) is 5.13. The Morgan fingerprint density at radius 1 is 0.828 bits per heavy atom. The van der Waals surface area contributed by atoms with E-state index in [0.717, 1.165) is 50.2 Å². The number of rotatable bonds is 12. The van der Waals surface area contributed by atoms with E-state index >= 15 is 0 Å². The highest BCUT2D eigenvalue weighted by atomic mass is 35.5. The maximum Gasteiger partial charge on any atom is 0.336 e. The lowest BCUT2D eigenvalue weighted by Crippen LogP contribution is -2.28. The van der Waals surface area contributed by atoms with E-state index in [-0.39, 0.29) is 18.0 Å². The van der Waals surface area contributed by atoms with Crippen LogP contribution in [0.15, 0.2) is 27.4 Å². The van der Waals surface area contributed by atoms with Crippen LogP contribution in [0.2, 0.25) is 0 Å². The molecule has 0 saturated carbocycles. The standard InChI is InChI=1S/C22H34N2O4.ClH/c1-6-23(7-2)10-12-26-20-15-18-17(5)14-22(25)28-19(18)16-21(20)27-13-11-24(8-3)9-4;/h14-16H,6-13H2,1-5H3;1H. The third kappa shape index (κ3) is 7.21. The van der Waals surface area contributed by atoms with Crippen molar-refractivity contribution in [2.75, 3.05) is 52.5 Å². The summed E-state index contributed by atoms with van der Waals surface area (Å²) in [4.78, 5) is 16.4. The van der Waals surface area contributed by atoms with Crippen molar-refractivity contribution in [3.63, 3.8) is 0 Å². The number of halogens is 1. The largest absolute Gasteiger partial charge is 0.488 e. The fourth-order valence-electron chi connectivity index (χ4n) is 3.20. The van der Waals surface area contributed by atoms with Crippen LogP contribution in [-0.4, -0.2) is 62.3 Å². The molecule has 2 rings (SSSR count). The van der Waals surface area contributed by atoms with Gasteiger partial charge in [0.15, 0.2) is 11.5 Å². The maximum absolute atomic E-state index is 11.7. The van der Waals surface area contributed by atoms with Crippen LogP contribution in [0.3, 0.4) is 0 Å². The van der Waals surface area contributed by atoms with Gasteiger partial charge >= 0.3 is 5.63 Å². The van der Waals surface area contributed by atoms with Gasteiger partial charge in [-0.2, -0.15) is 0 Å². The Labute approximate surface area is 180 Å². The van der Waals surface area contributed by atoms with Crippen molar-refractivity contribution in [2.45, 2.75) is 34.6 Å². The highest BCUT2D eigenvalue weighted by Crippen LogP contribution is 2.33. The number of hydrogen-bond donors (Lipinski definition) is 0. The Kier molecular flexibility index (Phi) is 11.1. The quantitative estimate of drug-likeness (QED) is 0.479. The van der Waals surface area contributed by atoms with Crippen LogP contribution in [0, 0.1) is 6.92 Å². The van der Waals surface area contributed by atoms with Crippen molar-refractivity contribution in [3.05, 3.63) is 34.2 Å². The number of nitrogens with zero attached hydrogens (tertiary/aromatic N) is 2. The summed E-state index contributed by atoms with van der Waals surface area (Å²) in [5, 5.41) is 0.869. The molecule has 0 saturated heterocycles. The minimum absolute atomic E-state index is 0. The molecule has 0 aliphatic rings. The second kappa shape index (κ2) is 12.7. The molecule has 0 aliphatic carbocycles. The van der Waals surface area contributed by atoms with E-state index in [1.54, 1.807) is 6.07 Å². The Balaban J connectivity index is 0.00000420. The first-order chi connectivity index (χ1) is 13.5. The summed E-state index contributed by atoms with van der Waals surface area (Å²) in [6.45, 7) is 17.2. The number of hydrogen-bond acceptors (Lipinski definition) is 6. The normalized spacial score (nSPS) is 11.1. The van der Waals surface area contributed by atoms with Crippen LogP contribution >= 0.6 is 12.4 Å². The fourth-order valence-corrected chi connectivity index (χ4v) is 3.20. The third-order valence-electron chi connectivity index (χ3n) is 5.13. The topological polar surface area (TPSA) is 55.1 Å². The Bertz CT molecular complexity index is 801. The molecule has 0 radical (unpaired) electrons. The van der Waals surface area contributed by atoms with Gasteiger partial charge in [-0.1, -0.05) is 27.7 Å². The van der Waals surface area contributed by atoms with E-state index in [0.29, 0.717) is 30.3 Å². The van der Waals surface area contributed by atoms with Gasteiger partial charge in [-0.15, -0.1) is 12.4 Å². The molecule has 164 valence electrons. The van der Waals surface area contributed by atoms with Gasteiger partial charge in [0.2, 0.25) is 0 Å². The van der Waals surface area contributed by atoms with E-state index < -0.39 is 0 Å². The maximum atomic E-state index is 11.7. The van der Waals surface area contributed by atoms with Crippen LogP contribution in [0.4, 0.5) is 0 Å². The Morgan fingerprint density at radius 3 is 1.79 bits per heavy atom. The Hall–Kier alpha value is -1.76. The molecule has 0 fully saturated rings. The molecular weight excluding hydrogens is 392 g/mol. The molecule has 0 atom stereocenters. The summed E-state index contributed by atoms with van der Waals surface area (Å²) in [6, 6.07) is 5.20. The number of likely N-dealkylation sites (N-methyl/N-ethyl adjacent to an activating group) is 2. The lowest BCUT2D eigenvalue weighted by atomic mass is 10.1. The first kappa shape index (κ1) is 25.3. The lowest BCUT2D eigenvalue weighted by molar-refractivity contribution is 0.199. The van der Waals surface area contributed by atoms with Crippen molar-refractivity contribution in [2.24, 2.45) is 0 Å². The first-order valence-electron chi connectivity index (χ1n) is 10.3. The summed E-state index contributed by atoms with van der Waals surface area (Å²) >= 11 is 0. The number of fused-ring (bicyclic) bond motifs is 1. The average Bonchev–Trinajstić information content (AvgIpc) is 2.69. The summed E-state index contributed by atoms with van der Waals surface area (Å²) in [7, 11) is 0. The lowest BCUT2D eigenvalue weighted by Gasteiger charge is -2.21. The molecule has 0 amide bonds. The highest BCUT2D eigenvalue weighted by Gasteiger charge is 2.13. The SMILES string of the molecule is CCN(CC)CCOc1cc2oc(=O)cc(C)c2cc1OCCN(CC)CC.Cl. The second-order valence-electron chi connectivity index (χ2n) is 6.79. The van der Waals surface area contributed by atoms with E-state index in [2.05, 4.69) is 37.5 Å². The van der Waals surface area contributed by atoms with Crippen LogP contribution in [-0.2, 0) is 0 Å². The predicted molar refractivity (Wildman–Crippen MR) is 121 cm³/mol. The average molecular weight is 427 g/mol. The van der Waals surface area contributed by atoms with Crippen molar-refractivity contribution in [1.82, 2.24) is 9.80 Å². The van der Waals surface area contributed by atoms with Crippen LogP contribution < -0.4 is 15.1 Å². The monoisotopic (exact) mass is 426 g/mol. The zero-order chi connectivity index (χ0) is 20.5. The molecule has 29 heavy (non-hydrogen) atoms. The van der Waals surface area contributed by atoms with Gasteiger partial charge in [-0.3, -0.25) is 0 Å². The summed E-state index contributed by atoms with van der Waals surface area (Å²) in [6.07, 6.45) is 0. The molecule has 1 aromatic heterocycles. The van der Waals surface area contributed by atoms with Gasteiger partial charge in [0.25, 0.3) is 0 Å². The predicted octanol–water partition coefficient (Wildman–Crippen LogP) is 3.96. The molecule has 0 unspecified atom stereocenters. The summed E-state index contributed by atoms with van der Waals surface area (Å²) < 4.78 is 17.5. The van der Waals surface area contributed by atoms with Gasteiger partial charge in [-0.25, -0.2) is 4.79 Å². The van der Waals surface area contributed by atoms with Gasteiger partial charge < -0.3 is 23.7 Å². The molecule has 6 nitrogen and oxygen atoms in total. The molecule has 0 spiro atoms. The van der Waals surface area contributed by atoms with Crippen LogP contribution in [0.1, 0.15) is 33.3 Å². The highest BCUT2D eigenvalue weighted by molar-refractivity contribution is 5.85. The van der Waals surface area contributed by atoms with Crippen molar-refractivity contribution in [3.8, 4) is 11.5 Å². The summed E-state index contributed by atoms with van der Waals surface area (Å²) in [5.41, 5.74) is 1.04. The van der Waals surface area contributed by atoms with Crippen LogP contribution in [0.5, 0.6) is 11.5 Å². The van der Waals surface area contributed by atoms with Gasteiger partial charge in [0.05, 0.1) is 0 Å². The molecule has 1 heterocycles. The molecule has 2 aromatic rings. The van der Waals surface area contributed by atoms with Gasteiger partial charge in [0, 0.05) is 30.6 Å². The molecule has 0 aliphatic heterocycles. The molecule has 7 heteroatoms. The smallest absolute Gasteiger partial charge is 0.336 e. The van der Waals surface area contributed by atoms with E-state index in [9.17, 15) is 4.79 Å².